The number of carbonyl (C=O) groups excluding carboxylic acids is 2. The Kier molecular flexibility index (Phi) is 6.98. The molecule has 244 valence electrons. The van der Waals surface area contributed by atoms with Gasteiger partial charge in [-0.25, -0.2) is 0 Å². The molecule has 4 aliphatic carbocycles. The molecule has 7 unspecified atom stereocenters. The number of fused-ring (bicyclic) bond motifs is 7. The van der Waals surface area contributed by atoms with E-state index in [-0.39, 0.29) is 35.5 Å². The van der Waals surface area contributed by atoms with Crippen LogP contribution in [0.25, 0.3) is 0 Å². The van der Waals surface area contributed by atoms with Gasteiger partial charge < -0.3 is 24.0 Å². The molecule has 7 atom stereocenters. The number of carbonyl (C=O) groups is 2. The Morgan fingerprint density at radius 1 is 1.02 bits per heavy atom. The van der Waals surface area contributed by atoms with E-state index in [9.17, 15) is 23.5 Å². The number of anilines is 1. The third-order valence-corrected chi connectivity index (χ3v) is 12.9. The van der Waals surface area contributed by atoms with Gasteiger partial charge in [0, 0.05) is 52.7 Å². The number of nitrogens with one attached hydrogen (secondary N) is 1. The van der Waals surface area contributed by atoms with E-state index in [0.29, 0.717) is 38.1 Å². The van der Waals surface area contributed by atoms with Crippen LogP contribution in [0.4, 0.5) is 5.69 Å². The number of aliphatic hydroxyl groups is 1. The van der Waals surface area contributed by atoms with Crippen LogP contribution < -0.4 is 14.4 Å². The second-order valence-electron chi connectivity index (χ2n) is 14.8. The number of hydrogen-bond acceptors (Lipinski definition) is 8. The number of methoxy groups -OCH3 is 1. The smallest absolute Gasteiger partial charge is 0.314 e. The van der Waals surface area contributed by atoms with Gasteiger partial charge in [0.1, 0.15) is 11.9 Å². The zero-order valence-corrected chi connectivity index (χ0v) is 27.1. The summed E-state index contributed by atoms with van der Waals surface area (Å²) in [4.78, 5) is 29.7. The van der Waals surface area contributed by atoms with Gasteiger partial charge in [-0.05, 0) is 85.9 Å². The van der Waals surface area contributed by atoms with Gasteiger partial charge in [0.25, 0.3) is 5.91 Å². The van der Waals surface area contributed by atoms with Crippen molar-refractivity contribution < 1.29 is 32.9 Å². The van der Waals surface area contributed by atoms with Crippen molar-refractivity contribution >= 4 is 28.8 Å². The topological polar surface area (TPSA) is 128 Å². The van der Waals surface area contributed by atoms with Gasteiger partial charge in [-0.2, -0.15) is 0 Å². The summed E-state index contributed by atoms with van der Waals surface area (Å²) in [6, 6.07) is 11.7. The van der Waals surface area contributed by atoms with Crippen LogP contribution in [0, 0.1) is 16.7 Å². The van der Waals surface area contributed by atoms with E-state index in [2.05, 4.69) is 29.2 Å². The molecule has 0 bridgehead atoms. The van der Waals surface area contributed by atoms with Crippen LogP contribution in [0.3, 0.4) is 0 Å². The first-order chi connectivity index (χ1) is 22.1. The maximum atomic E-state index is 14.5. The molecule has 2 aromatic rings. The lowest BCUT2D eigenvalue weighted by molar-refractivity contribution is -0.242. The van der Waals surface area contributed by atoms with E-state index in [1.165, 1.54) is 24.8 Å². The van der Waals surface area contributed by atoms with Gasteiger partial charge in [0.15, 0.2) is 0 Å². The lowest BCUT2D eigenvalue weighted by atomic mass is 9.54. The predicted octanol–water partition coefficient (Wildman–Crippen LogP) is 5.33. The van der Waals surface area contributed by atoms with Crippen LogP contribution in [0.1, 0.15) is 110 Å². The maximum absolute atomic E-state index is 14.5. The summed E-state index contributed by atoms with van der Waals surface area (Å²) in [6.07, 6.45) is 12.1. The van der Waals surface area contributed by atoms with Crippen LogP contribution in [0.15, 0.2) is 48.6 Å². The lowest BCUT2D eigenvalue weighted by Gasteiger charge is -2.58. The third-order valence-electron chi connectivity index (χ3n) is 12.5. The SMILES string of the molecule is COc1ccc2c(c1)C1CC1(C(=O)OC1CC(C)(O)C13CC=CC3)CN1c3cc(C(=O)NS(=O)[O-])ccc3C(C3CCCCC3)C21. The highest BCUT2D eigenvalue weighted by Gasteiger charge is 2.69. The van der Waals surface area contributed by atoms with Crippen molar-refractivity contribution in [2.75, 3.05) is 18.6 Å². The van der Waals surface area contributed by atoms with E-state index in [4.69, 9.17) is 9.47 Å². The average Bonchev–Trinajstić information content (AvgIpc) is 3.39. The van der Waals surface area contributed by atoms with E-state index in [1.807, 2.05) is 23.8 Å². The van der Waals surface area contributed by atoms with Crippen LogP contribution >= 0.6 is 0 Å². The minimum Gasteiger partial charge on any atom is -0.755 e. The van der Waals surface area contributed by atoms with Gasteiger partial charge in [-0.3, -0.25) is 18.5 Å². The molecule has 9 nitrogen and oxygen atoms in total. The summed E-state index contributed by atoms with van der Waals surface area (Å²) in [5, 5.41) is 11.2. The van der Waals surface area contributed by atoms with Crippen molar-refractivity contribution in [3.8, 4) is 5.75 Å². The summed E-state index contributed by atoms with van der Waals surface area (Å²) < 4.78 is 36.8. The summed E-state index contributed by atoms with van der Waals surface area (Å²) in [5.41, 5.74) is 2.44. The number of nitrogens with zero attached hydrogens (tertiary/aromatic N) is 1. The summed E-state index contributed by atoms with van der Waals surface area (Å²) in [7, 11) is 1.66. The number of rotatable bonds is 6. The number of esters is 1. The first kappa shape index (κ1) is 30.1. The van der Waals surface area contributed by atoms with Gasteiger partial charge in [0.2, 0.25) is 0 Å². The number of ether oxygens (including phenoxy) is 2. The molecule has 0 aromatic heterocycles. The molecule has 2 N–H and O–H groups in total. The molecule has 0 saturated heterocycles. The standard InChI is InChI=1S/C36H42N2O7S/c1-34(41)19-29(36(34)14-6-7-15-36)45-33(40)35-18-27(35)26-17-23(44-2)11-13-24(26)31-30(21-8-4-3-5-9-21)25-12-10-22(32(39)37-46(42)43)16-28(25)38(31)20-35/h6-7,10-13,16-17,21,27,29-31,41H,3-5,8-9,14-15,18-20H2,1-2H3,(H,37,39)(H,42,43)/p-1. The normalized spacial score (nSPS) is 34.0. The van der Waals surface area contributed by atoms with E-state index < -0.39 is 33.6 Å². The Morgan fingerprint density at radius 3 is 2.46 bits per heavy atom. The van der Waals surface area contributed by atoms with Gasteiger partial charge in [-0.15, -0.1) is 0 Å². The fraction of sp³-hybridized carbons (Fsp3) is 0.556. The maximum Gasteiger partial charge on any atom is 0.314 e. The molecular formula is C36H41N2O7S-. The van der Waals surface area contributed by atoms with Gasteiger partial charge in [-0.1, -0.05) is 43.5 Å². The average molecular weight is 646 g/mol. The molecule has 2 heterocycles. The van der Waals surface area contributed by atoms with Crippen molar-refractivity contribution in [2.45, 2.75) is 94.3 Å². The molecule has 8 rings (SSSR count). The molecule has 2 aliphatic heterocycles. The molecule has 0 radical (unpaired) electrons. The van der Waals surface area contributed by atoms with Crippen molar-refractivity contribution in [1.82, 2.24) is 4.72 Å². The van der Waals surface area contributed by atoms with E-state index in [1.54, 1.807) is 19.2 Å². The Balaban J connectivity index is 1.22. The minimum atomic E-state index is -2.73. The fourth-order valence-corrected chi connectivity index (χ4v) is 10.2. The second-order valence-corrected chi connectivity index (χ2v) is 15.4. The first-order valence-corrected chi connectivity index (χ1v) is 17.7. The second kappa shape index (κ2) is 10.7. The largest absolute Gasteiger partial charge is 0.755 e. The van der Waals surface area contributed by atoms with Crippen LogP contribution in [0.5, 0.6) is 5.75 Å². The zero-order valence-electron chi connectivity index (χ0n) is 26.3. The minimum absolute atomic E-state index is 0.0428. The number of benzene rings is 2. The summed E-state index contributed by atoms with van der Waals surface area (Å²) in [5.74, 6) is 0.404. The van der Waals surface area contributed by atoms with Gasteiger partial charge in [0.05, 0.1) is 24.2 Å². The van der Waals surface area contributed by atoms with Crippen LogP contribution in [0.2, 0.25) is 0 Å². The van der Waals surface area contributed by atoms with Gasteiger partial charge >= 0.3 is 5.97 Å². The Morgan fingerprint density at radius 2 is 1.76 bits per heavy atom. The van der Waals surface area contributed by atoms with Crippen LogP contribution in [-0.4, -0.2) is 51.1 Å². The Hall–Kier alpha value is -3.21. The van der Waals surface area contributed by atoms with Crippen molar-refractivity contribution in [3.05, 3.63) is 70.8 Å². The van der Waals surface area contributed by atoms with Crippen molar-refractivity contribution in [2.24, 2.45) is 16.7 Å². The quantitative estimate of drug-likeness (QED) is 0.245. The molecule has 1 spiro atoms. The van der Waals surface area contributed by atoms with E-state index >= 15 is 0 Å². The third kappa shape index (κ3) is 4.35. The molecule has 3 fully saturated rings. The zero-order chi connectivity index (χ0) is 32.0. The van der Waals surface area contributed by atoms with Crippen molar-refractivity contribution in [1.29, 1.82) is 0 Å². The van der Waals surface area contributed by atoms with E-state index in [0.717, 1.165) is 35.4 Å². The number of allylic oxidation sites excluding steroid dienone is 2. The molecule has 1 amide bonds. The molecule has 6 aliphatic rings. The first-order valence-electron chi connectivity index (χ1n) is 16.7. The molecule has 2 aromatic carbocycles. The molecule has 3 saturated carbocycles. The van der Waals surface area contributed by atoms with Crippen molar-refractivity contribution in [3.63, 3.8) is 0 Å². The fourth-order valence-electron chi connectivity index (χ4n) is 9.90. The number of amides is 1. The molecular weight excluding hydrogens is 604 g/mol. The monoisotopic (exact) mass is 645 g/mol. The predicted molar refractivity (Wildman–Crippen MR) is 171 cm³/mol. The highest BCUT2D eigenvalue weighted by Crippen LogP contribution is 2.69. The Bertz CT molecular complexity index is 1660. The number of hydrogen-bond donors (Lipinski definition) is 2. The molecule has 46 heavy (non-hydrogen) atoms. The highest BCUT2D eigenvalue weighted by molar-refractivity contribution is 7.77. The lowest BCUT2D eigenvalue weighted by Crippen LogP contribution is -2.65. The Labute approximate surface area is 272 Å². The molecule has 10 heteroatoms. The van der Waals surface area contributed by atoms with Crippen LogP contribution in [-0.2, 0) is 20.8 Å². The summed E-state index contributed by atoms with van der Waals surface area (Å²) >= 11 is -2.73. The summed E-state index contributed by atoms with van der Waals surface area (Å²) in [6.45, 7) is 2.28. The highest BCUT2D eigenvalue weighted by atomic mass is 32.2.